The van der Waals surface area contributed by atoms with Gasteiger partial charge in [-0.2, -0.15) is 12.7 Å². The van der Waals surface area contributed by atoms with Gasteiger partial charge >= 0.3 is 10.2 Å². The van der Waals surface area contributed by atoms with E-state index < -0.39 is 10.2 Å². The van der Waals surface area contributed by atoms with Crippen molar-refractivity contribution in [2.75, 3.05) is 0 Å². The second kappa shape index (κ2) is 5.64. The zero-order valence-electron chi connectivity index (χ0n) is 10.9. The Morgan fingerprint density at radius 1 is 1.24 bits per heavy atom. The molecule has 0 aromatic carbocycles. The summed E-state index contributed by atoms with van der Waals surface area (Å²) in [5, 5.41) is 0. The van der Waals surface area contributed by atoms with Crippen molar-refractivity contribution in [2.45, 2.75) is 52.6 Å². The topological polar surface area (TPSA) is 55.2 Å². The highest BCUT2D eigenvalue weighted by atomic mass is 32.2. The largest absolute Gasteiger partial charge is 0.309 e. The van der Waals surface area contributed by atoms with Gasteiger partial charge in [-0.1, -0.05) is 13.8 Å². The highest BCUT2D eigenvalue weighted by molar-refractivity contribution is 7.87. The third-order valence-electron chi connectivity index (χ3n) is 3.06. The van der Waals surface area contributed by atoms with E-state index in [-0.39, 0.29) is 12.1 Å². The van der Waals surface area contributed by atoms with Crippen LogP contribution < -0.4 is 0 Å². The Morgan fingerprint density at radius 2 is 1.76 bits per heavy atom. The first-order valence-electron chi connectivity index (χ1n) is 5.97. The summed E-state index contributed by atoms with van der Waals surface area (Å²) in [5.74, 6) is 0. The van der Waals surface area contributed by atoms with Gasteiger partial charge in [0, 0.05) is 24.5 Å². The molecule has 0 radical (unpaired) electrons. The average molecular weight is 259 g/mol. The summed E-state index contributed by atoms with van der Waals surface area (Å²) in [5.41, 5.74) is 0. The minimum absolute atomic E-state index is 0.0163. The van der Waals surface area contributed by atoms with Gasteiger partial charge in [-0.25, -0.2) is 8.96 Å². The average Bonchev–Trinajstić information content (AvgIpc) is 2.82. The van der Waals surface area contributed by atoms with Crippen LogP contribution in [-0.2, 0) is 10.2 Å². The van der Waals surface area contributed by atoms with Crippen LogP contribution in [0.25, 0.3) is 0 Å². The van der Waals surface area contributed by atoms with E-state index >= 15 is 0 Å². The van der Waals surface area contributed by atoms with Crippen molar-refractivity contribution >= 4 is 10.2 Å². The first-order valence-corrected chi connectivity index (χ1v) is 7.36. The molecule has 98 valence electrons. The maximum Gasteiger partial charge on any atom is 0.309 e. The SMILES string of the molecule is CCC(C)N(C(C)CC)S(=O)(=O)n1ccnc1. The van der Waals surface area contributed by atoms with Crippen LogP contribution in [0.1, 0.15) is 40.5 Å². The second-order valence-corrected chi connectivity index (χ2v) is 5.98. The number of hydrogen-bond donors (Lipinski definition) is 0. The Hall–Kier alpha value is -0.880. The molecule has 0 aliphatic carbocycles. The molecule has 0 amide bonds. The molecular formula is C11H21N3O2S. The first kappa shape index (κ1) is 14.2. The van der Waals surface area contributed by atoms with Crippen molar-refractivity contribution in [3.05, 3.63) is 18.7 Å². The monoisotopic (exact) mass is 259 g/mol. The van der Waals surface area contributed by atoms with Gasteiger partial charge < -0.3 is 0 Å². The van der Waals surface area contributed by atoms with Crippen LogP contribution in [0.4, 0.5) is 0 Å². The van der Waals surface area contributed by atoms with Crippen LogP contribution >= 0.6 is 0 Å². The molecule has 1 aromatic rings. The molecule has 0 N–H and O–H groups in total. The zero-order valence-corrected chi connectivity index (χ0v) is 11.7. The molecule has 2 unspecified atom stereocenters. The van der Waals surface area contributed by atoms with E-state index in [2.05, 4.69) is 4.98 Å². The van der Waals surface area contributed by atoms with Gasteiger partial charge in [0.2, 0.25) is 0 Å². The molecule has 6 heteroatoms. The number of aromatic nitrogens is 2. The molecule has 0 aliphatic rings. The van der Waals surface area contributed by atoms with Crippen LogP contribution in [0, 0.1) is 0 Å². The molecule has 0 fully saturated rings. The van der Waals surface area contributed by atoms with E-state index in [1.54, 1.807) is 4.31 Å². The summed E-state index contributed by atoms with van der Waals surface area (Å²) in [4.78, 5) is 3.80. The number of nitrogens with zero attached hydrogens (tertiary/aromatic N) is 3. The summed E-state index contributed by atoms with van der Waals surface area (Å²) >= 11 is 0. The maximum atomic E-state index is 12.4. The summed E-state index contributed by atoms with van der Waals surface area (Å²) in [6.45, 7) is 7.84. The van der Waals surface area contributed by atoms with Crippen molar-refractivity contribution in [2.24, 2.45) is 0 Å². The lowest BCUT2D eigenvalue weighted by molar-refractivity contribution is 0.260. The fourth-order valence-corrected chi connectivity index (χ4v) is 3.55. The summed E-state index contributed by atoms with van der Waals surface area (Å²) in [6.07, 6.45) is 5.85. The van der Waals surface area contributed by atoms with Gasteiger partial charge in [-0.3, -0.25) is 0 Å². The fraction of sp³-hybridized carbons (Fsp3) is 0.727. The summed E-state index contributed by atoms with van der Waals surface area (Å²) in [7, 11) is -3.49. The van der Waals surface area contributed by atoms with Crippen molar-refractivity contribution < 1.29 is 8.42 Å². The Morgan fingerprint density at radius 3 is 2.12 bits per heavy atom. The van der Waals surface area contributed by atoms with Crippen LogP contribution in [-0.4, -0.2) is 33.8 Å². The fourth-order valence-electron chi connectivity index (χ4n) is 1.74. The van der Waals surface area contributed by atoms with Crippen LogP contribution in [0.5, 0.6) is 0 Å². The highest BCUT2D eigenvalue weighted by Gasteiger charge is 2.31. The molecule has 17 heavy (non-hydrogen) atoms. The van der Waals surface area contributed by atoms with E-state index in [1.807, 2.05) is 27.7 Å². The molecule has 0 aliphatic heterocycles. The van der Waals surface area contributed by atoms with Crippen molar-refractivity contribution in [1.82, 2.24) is 13.3 Å². The maximum absolute atomic E-state index is 12.4. The first-order chi connectivity index (χ1) is 7.95. The molecule has 1 aromatic heterocycles. The molecule has 0 saturated heterocycles. The lowest BCUT2D eigenvalue weighted by Crippen LogP contribution is -2.46. The van der Waals surface area contributed by atoms with Gasteiger partial charge in [0.15, 0.2) is 0 Å². The predicted molar refractivity (Wildman–Crippen MR) is 67.9 cm³/mol. The lowest BCUT2D eigenvalue weighted by Gasteiger charge is -2.32. The number of rotatable bonds is 6. The highest BCUT2D eigenvalue weighted by Crippen LogP contribution is 2.18. The Labute approximate surface area is 104 Å². The van der Waals surface area contributed by atoms with E-state index in [4.69, 9.17) is 0 Å². The molecule has 0 bridgehead atoms. The van der Waals surface area contributed by atoms with Gasteiger partial charge in [-0.05, 0) is 26.7 Å². The predicted octanol–water partition coefficient (Wildman–Crippen LogP) is 1.87. The van der Waals surface area contributed by atoms with Crippen molar-refractivity contribution in [1.29, 1.82) is 0 Å². The van der Waals surface area contributed by atoms with Crippen LogP contribution in [0.2, 0.25) is 0 Å². The summed E-state index contributed by atoms with van der Waals surface area (Å²) < 4.78 is 27.6. The Bertz CT molecular complexity index is 418. The minimum Gasteiger partial charge on any atom is -0.244 e. The van der Waals surface area contributed by atoms with Gasteiger partial charge in [-0.15, -0.1) is 0 Å². The van der Waals surface area contributed by atoms with E-state index in [1.165, 1.54) is 22.7 Å². The van der Waals surface area contributed by atoms with Gasteiger partial charge in [0.1, 0.15) is 6.33 Å². The van der Waals surface area contributed by atoms with Gasteiger partial charge in [0.05, 0.1) is 0 Å². The quantitative estimate of drug-likeness (QED) is 0.783. The normalized spacial score (nSPS) is 16.1. The third kappa shape index (κ3) is 2.87. The molecule has 1 rings (SSSR count). The Kier molecular flexibility index (Phi) is 4.70. The van der Waals surface area contributed by atoms with E-state index in [0.29, 0.717) is 0 Å². The van der Waals surface area contributed by atoms with E-state index in [0.717, 1.165) is 12.8 Å². The van der Waals surface area contributed by atoms with E-state index in [9.17, 15) is 8.42 Å². The second-order valence-electron chi connectivity index (χ2n) is 4.24. The molecule has 1 heterocycles. The molecule has 2 atom stereocenters. The molecule has 0 saturated carbocycles. The molecule has 5 nitrogen and oxygen atoms in total. The standard InChI is InChI=1S/C11H21N3O2S/c1-5-10(3)14(11(4)6-2)17(15,16)13-8-7-12-9-13/h7-11H,5-6H2,1-4H3. The molecular weight excluding hydrogens is 238 g/mol. The third-order valence-corrected chi connectivity index (χ3v) is 5.06. The zero-order chi connectivity index (χ0) is 13.1. The van der Waals surface area contributed by atoms with Gasteiger partial charge in [0.25, 0.3) is 0 Å². The smallest absolute Gasteiger partial charge is 0.244 e. The lowest BCUT2D eigenvalue weighted by atomic mass is 10.2. The van der Waals surface area contributed by atoms with Crippen LogP contribution in [0.15, 0.2) is 18.7 Å². The van der Waals surface area contributed by atoms with Crippen LogP contribution in [0.3, 0.4) is 0 Å². The number of imidazole rings is 1. The minimum atomic E-state index is -3.49. The van der Waals surface area contributed by atoms with Crippen molar-refractivity contribution in [3.63, 3.8) is 0 Å². The van der Waals surface area contributed by atoms with Crippen molar-refractivity contribution in [3.8, 4) is 0 Å². The number of hydrogen-bond acceptors (Lipinski definition) is 3. The Balaban J connectivity index is 3.14. The molecule has 0 spiro atoms. The summed E-state index contributed by atoms with van der Waals surface area (Å²) in [6, 6.07) is -0.0327.